The van der Waals surface area contributed by atoms with Crippen molar-refractivity contribution in [2.24, 2.45) is 0 Å². The van der Waals surface area contributed by atoms with Gasteiger partial charge in [-0.15, -0.1) is 0 Å². The van der Waals surface area contributed by atoms with Crippen molar-refractivity contribution in [1.29, 1.82) is 0 Å². The number of fused-ring (bicyclic) bond motifs is 1. The number of aryl methyl sites for hydroxylation is 3. The first kappa shape index (κ1) is 17.0. The molecule has 4 aromatic rings. The van der Waals surface area contributed by atoms with Gasteiger partial charge in [0.15, 0.2) is 0 Å². The van der Waals surface area contributed by atoms with Gasteiger partial charge < -0.3 is 5.32 Å². The van der Waals surface area contributed by atoms with E-state index in [9.17, 15) is 4.79 Å². The number of para-hydroxylation sites is 1. The Hall–Kier alpha value is -3.47. The molecule has 1 N–H and O–H groups in total. The minimum Gasteiger partial charge on any atom is -0.324 e. The van der Waals surface area contributed by atoms with Crippen LogP contribution in [0.1, 0.15) is 11.1 Å². The van der Waals surface area contributed by atoms with Gasteiger partial charge in [0.25, 0.3) is 5.56 Å². The van der Waals surface area contributed by atoms with Crippen LogP contribution in [0.25, 0.3) is 11.0 Å². The van der Waals surface area contributed by atoms with E-state index >= 15 is 0 Å². The van der Waals surface area contributed by atoms with Crippen molar-refractivity contribution in [2.45, 2.75) is 19.9 Å². The van der Waals surface area contributed by atoms with E-state index in [0.29, 0.717) is 18.1 Å². The Morgan fingerprint density at radius 2 is 1.74 bits per heavy atom. The van der Waals surface area contributed by atoms with Crippen LogP contribution in [0.3, 0.4) is 0 Å². The molecule has 27 heavy (non-hydrogen) atoms. The number of benzene rings is 2. The van der Waals surface area contributed by atoms with Crippen LogP contribution < -0.4 is 10.9 Å². The van der Waals surface area contributed by atoms with Gasteiger partial charge in [-0.05, 0) is 37.1 Å². The molecule has 2 aromatic heterocycles. The second-order valence-electron chi connectivity index (χ2n) is 6.52. The summed E-state index contributed by atoms with van der Waals surface area (Å²) in [5, 5.41) is 4.03. The monoisotopic (exact) mass is 356 g/mol. The molecule has 134 valence electrons. The summed E-state index contributed by atoms with van der Waals surface area (Å²) in [4.78, 5) is 21.4. The molecular weight excluding hydrogens is 336 g/mol. The third-order valence-corrected chi connectivity index (χ3v) is 4.50. The molecule has 0 aliphatic carbocycles. The van der Waals surface area contributed by atoms with Crippen LogP contribution in [-0.4, -0.2) is 14.5 Å². The van der Waals surface area contributed by atoms with Gasteiger partial charge in [-0.1, -0.05) is 48.0 Å². The molecule has 2 heterocycles. The highest BCUT2D eigenvalue weighted by molar-refractivity contribution is 5.75. The molecule has 0 fully saturated rings. The lowest BCUT2D eigenvalue weighted by Crippen LogP contribution is -2.21. The number of anilines is 2. The number of rotatable bonds is 5. The van der Waals surface area contributed by atoms with Gasteiger partial charge in [-0.2, -0.15) is 4.98 Å². The molecular formula is C22H20N4O. The zero-order valence-corrected chi connectivity index (χ0v) is 15.1. The minimum absolute atomic E-state index is 0.0565. The number of hydrogen-bond donors (Lipinski definition) is 1. The van der Waals surface area contributed by atoms with E-state index < -0.39 is 0 Å². The van der Waals surface area contributed by atoms with Crippen LogP contribution in [0.15, 0.2) is 77.7 Å². The predicted octanol–water partition coefficient (Wildman–Crippen LogP) is 4.09. The van der Waals surface area contributed by atoms with E-state index in [0.717, 1.165) is 17.5 Å². The molecule has 0 unspecified atom stereocenters. The van der Waals surface area contributed by atoms with E-state index in [1.807, 2.05) is 30.3 Å². The number of pyridine rings is 1. The van der Waals surface area contributed by atoms with E-state index in [4.69, 9.17) is 0 Å². The van der Waals surface area contributed by atoms with Crippen LogP contribution in [0.2, 0.25) is 0 Å². The molecule has 5 nitrogen and oxygen atoms in total. The van der Waals surface area contributed by atoms with E-state index in [-0.39, 0.29) is 5.56 Å². The minimum atomic E-state index is -0.0565. The highest BCUT2D eigenvalue weighted by Crippen LogP contribution is 2.16. The Morgan fingerprint density at radius 3 is 2.52 bits per heavy atom. The fraction of sp³-hybridized carbons (Fsp3) is 0.136. The summed E-state index contributed by atoms with van der Waals surface area (Å²) in [5.74, 6) is 0.475. The van der Waals surface area contributed by atoms with Gasteiger partial charge in [0.05, 0.1) is 0 Å². The first-order valence-corrected chi connectivity index (χ1v) is 8.93. The molecule has 0 radical (unpaired) electrons. The van der Waals surface area contributed by atoms with Crippen LogP contribution >= 0.6 is 0 Å². The predicted molar refractivity (Wildman–Crippen MR) is 108 cm³/mol. The lowest BCUT2D eigenvalue weighted by Gasteiger charge is -2.11. The van der Waals surface area contributed by atoms with E-state index in [1.54, 1.807) is 22.9 Å². The Kier molecular flexibility index (Phi) is 4.66. The normalized spacial score (nSPS) is 10.9. The standard InChI is InChI=1S/C22H20N4O/c1-16-7-9-17(10-8-16)13-14-26-20(27)12-11-18-15-23-22(25-21(18)26)24-19-5-3-2-4-6-19/h2-12,15H,13-14H2,1H3,(H,23,24,25). The van der Waals surface area contributed by atoms with Crippen molar-refractivity contribution in [1.82, 2.24) is 14.5 Å². The smallest absolute Gasteiger partial charge is 0.252 e. The molecule has 0 amide bonds. The summed E-state index contributed by atoms with van der Waals surface area (Å²) >= 11 is 0. The molecule has 0 aliphatic rings. The van der Waals surface area contributed by atoms with Gasteiger partial charge in [0.2, 0.25) is 5.95 Å². The molecule has 0 bridgehead atoms. The van der Waals surface area contributed by atoms with Crippen molar-refractivity contribution in [2.75, 3.05) is 5.32 Å². The number of nitrogens with zero attached hydrogens (tertiary/aromatic N) is 3. The van der Waals surface area contributed by atoms with Gasteiger partial charge in [0, 0.05) is 29.9 Å². The quantitative estimate of drug-likeness (QED) is 0.585. The highest BCUT2D eigenvalue weighted by Gasteiger charge is 2.08. The van der Waals surface area contributed by atoms with Crippen LogP contribution in [0, 0.1) is 6.92 Å². The number of aromatic nitrogens is 3. The van der Waals surface area contributed by atoms with Gasteiger partial charge in [0.1, 0.15) is 5.65 Å². The largest absolute Gasteiger partial charge is 0.324 e. The first-order valence-electron chi connectivity index (χ1n) is 8.93. The SMILES string of the molecule is Cc1ccc(CCn2c(=O)ccc3cnc(Nc4ccccc4)nc32)cc1. The molecule has 4 rings (SSSR count). The van der Waals surface area contributed by atoms with Gasteiger partial charge >= 0.3 is 0 Å². The molecule has 0 spiro atoms. The summed E-state index contributed by atoms with van der Waals surface area (Å²) in [6.07, 6.45) is 2.51. The summed E-state index contributed by atoms with van der Waals surface area (Å²) in [6.45, 7) is 2.64. The van der Waals surface area contributed by atoms with Crippen LogP contribution in [0.5, 0.6) is 0 Å². The molecule has 0 saturated carbocycles. The lowest BCUT2D eigenvalue weighted by molar-refractivity contribution is 0.688. The number of hydrogen-bond acceptors (Lipinski definition) is 4. The topological polar surface area (TPSA) is 59.8 Å². The second kappa shape index (κ2) is 7.41. The fourth-order valence-electron chi connectivity index (χ4n) is 2.99. The molecule has 0 saturated heterocycles. The fourth-order valence-corrected chi connectivity index (χ4v) is 2.99. The summed E-state index contributed by atoms with van der Waals surface area (Å²) < 4.78 is 1.72. The van der Waals surface area contributed by atoms with Crippen LogP contribution in [-0.2, 0) is 13.0 Å². The van der Waals surface area contributed by atoms with Crippen molar-refractivity contribution in [3.8, 4) is 0 Å². The Balaban J connectivity index is 1.66. The molecule has 0 atom stereocenters. The Bertz CT molecular complexity index is 1120. The Labute approximate surface area is 157 Å². The first-order chi connectivity index (χ1) is 13.2. The molecule has 2 aromatic carbocycles. The number of nitrogens with one attached hydrogen (secondary N) is 1. The highest BCUT2D eigenvalue weighted by atomic mass is 16.1. The lowest BCUT2D eigenvalue weighted by atomic mass is 10.1. The van der Waals surface area contributed by atoms with Gasteiger partial charge in [-0.25, -0.2) is 4.98 Å². The molecule has 0 aliphatic heterocycles. The summed E-state index contributed by atoms with van der Waals surface area (Å²) in [7, 11) is 0. The third-order valence-electron chi connectivity index (χ3n) is 4.50. The summed E-state index contributed by atoms with van der Waals surface area (Å²) in [6, 6.07) is 21.5. The zero-order chi connectivity index (χ0) is 18.6. The van der Waals surface area contributed by atoms with E-state index in [1.165, 1.54) is 11.1 Å². The zero-order valence-electron chi connectivity index (χ0n) is 15.1. The van der Waals surface area contributed by atoms with Crippen molar-refractivity contribution >= 4 is 22.7 Å². The maximum atomic E-state index is 12.5. The maximum Gasteiger partial charge on any atom is 0.252 e. The average molecular weight is 356 g/mol. The molecule has 5 heteroatoms. The average Bonchev–Trinajstić information content (AvgIpc) is 2.69. The van der Waals surface area contributed by atoms with E-state index in [2.05, 4.69) is 46.5 Å². The second-order valence-corrected chi connectivity index (χ2v) is 6.52. The van der Waals surface area contributed by atoms with Crippen molar-refractivity contribution in [3.05, 3.63) is 94.4 Å². The third kappa shape index (κ3) is 3.87. The maximum absolute atomic E-state index is 12.5. The van der Waals surface area contributed by atoms with Crippen molar-refractivity contribution < 1.29 is 0 Å². The van der Waals surface area contributed by atoms with Crippen LogP contribution in [0.4, 0.5) is 11.6 Å². The summed E-state index contributed by atoms with van der Waals surface area (Å²) in [5.41, 5.74) is 3.91. The van der Waals surface area contributed by atoms with Gasteiger partial charge in [-0.3, -0.25) is 9.36 Å². The van der Waals surface area contributed by atoms with Crippen molar-refractivity contribution in [3.63, 3.8) is 0 Å². The Morgan fingerprint density at radius 1 is 0.963 bits per heavy atom.